The lowest BCUT2D eigenvalue weighted by Crippen LogP contribution is -2.46. The van der Waals surface area contributed by atoms with Crippen molar-refractivity contribution >= 4 is 17.5 Å². The Morgan fingerprint density at radius 3 is 2.86 bits per heavy atom. The van der Waals surface area contributed by atoms with Crippen LogP contribution in [0.2, 0.25) is 5.02 Å². The fourth-order valence-corrected chi connectivity index (χ4v) is 2.60. The molecule has 2 heterocycles. The molecule has 1 fully saturated rings. The van der Waals surface area contributed by atoms with E-state index in [4.69, 9.17) is 16.3 Å². The Bertz CT molecular complexity index is 532. The van der Waals surface area contributed by atoms with Gasteiger partial charge in [0, 0.05) is 18.6 Å². The van der Waals surface area contributed by atoms with Gasteiger partial charge in [-0.05, 0) is 26.7 Å². The number of hydrogen-bond donors (Lipinski definition) is 1. The topological polar surface area (TPSA) is 64.1 Å². The molecule has 1 atom stereocenters. The van der Waals surface area contributed by atoms with Crippen LogP contribution in [0, 0.1) is 0 Å². The van der Waals surface area contributed by atoms with E-state index < -0.39 is 0 Å². The van der Waals surface area contributed by atoms with Gasteiger partial charge >= 0.3 is 0 Å². The number of rotatable bonds is 3. The van der Waals surface area contributed by atoms with Crippen molar-refractivity contribution in [3.8, 4) is 0 Å². The lowest BCUT2D eigenvalue weighted by Gasteiger charge is -2.35. The van der Waals surface area contributed by atoms with Gasteiger partial charge in [-0.25, -0.2) is 9.97 Å². The van der Waals surface area contributed by atoms with Crippen LogP contribution in [0.3, 0.4) is 0 Å². The van der Waals surface area contributed by atoms with E-state index in [1.165, 1.54) is 6.20 Å². The number of nitrogens with one attached hydrogen (secondary N) is 1. The average molecular weight is 312 g/mol. The van der Waals surface area contributed by atoms with Gasteiger partial charge in [0.05, 0.1) is 16.8 Å². The predicted molar refractivity (Wildman–Crippen MR) is 81.7 cm³/mol. The van der Waals surface area contributed by atoms with Gasteiger partial charge in [0.2, 0.25) is 0 Å². The fraction of sp³-hybridized carbons (Fsp3) is 0.667. The molecule has 1 amide bonds. The predicted octanol–water partition coefficient (Wildman–Crippen LogP) is 2.94. The summed E-state index contributed by atoms with van der Waals surface area (Å²) in [7, 11) is 0. The van der Waals surface area contributed by atoms with Crippen molar-refractivity contribution in [2.45, 2.75) is 58.1 Å². The number of carbonyl (C=O) groups is 1. The molecular formula is C15H22ClN3O2. The molecule has 2 rings (SSSR count). The van der Waals surface area contributed by atoms with Gasteiger partial charge in [-0.15, -0.1) is 0 Å². The summed E-state index contributed by atoms with van der Waals surface area (Å²) in [6, 6.07) is 0.0785. The molecule has 5 nitrogen and oxygen atoms in total. The van der Waals surface area contributed by atoms with Gasteiger partial charge in [0.15, 0.2) is 0 Å². The van der Waals surface area contributed by atoms with Gasteiger partial charge in [0.25, 0.3) is 5.91 Å². The number of hydrogen-bond acceptors (Lipinski definition) is 4. The Morgan fingerprint density at radius 2 is 2.24 bits per heavy atom. The number of amides is 1. The van der Waals surface area contributed by atoms with E-state index in [1.807, 2.05) is 27.7 Å². The monoisotopic (exact) mass is 311 g/mol. The Kier molecular flexibility index (Phi) is 4.84. The zero-order valence-electron chi connectivity index (χ0n) is 12.9. The molecule has 116 valence electrons. The zero-order valence-corrected chi connectivity index (χ0v) is 13.7. The summed E-state index contributed by atoms with van der Waals surface area (Å²) in [5.41, 5.74) is 0.0362. The number of carbonyl (C=O) groups excluding carboxylic acids is 1. The molecule has 0 aromatic carbocycles. The summed E-state index contributed by atoms with van der Waals surface area (Å²) in [6.45, 7) is 8.66. The van der Waals surface area contributed by atoms with Gasteiger partial charge in [0.1, 0.15) is 11.5 Å². The first kappa shape index (κ1) is 16.2. The second kappa shape index (κ2) is 6.28. The molecule has 1 aliphatic rings. The number of aromatic nitrogens is 2. The van der Waals surface area contributed by atoms with Crippen molar-refractivity contribution in [3.63, 3.8) is 0 Å². The third-order valence-corrected chi connectivity index (χ3v) is 3.80. The van der Waals surface area contributed by atoms with E-state index in [-0.39, 0.29) is 34.2 Å². The third-order valence-electron chi connectivity index (χ3n) is 3.53. The molecule has 21 heavy (non-hydrogen) atoms. The molecule has 1 aromatic heterocycles. The average Bonchev–Trinajstić information content (AvgIpc) is 2.37. The first-order chi connectivity index (χ1) is 9.78. The Balaban J connectivity index is 2.11. The highest BCUT2D eigenvalue weighted by atomic mass is 35.5. The van der Waals surface area contributed by atoms with Crippen LogP contribution >= 0.6 is 11.6 Å². The summed E-state index contributed by atoms with van der Waals surface area (Å²) in [4.78, 5) is 20.8. The highest BCUT2D eigenvalue weighted by Gasteiger charge is 2.30. The van der Waals surface area contributed by atoms with E-state index in [0.717, 1.165) is 12.8 Å². The van der Waals surface area contributed by atoms with E-state index in [0.29, 0.717) is 12.4 Å². The standard InChI is InChI=1S/C15H22ClN3O2/c1-9(2)13-17-8-11(16)12(19-13)14(20)18-10-5-6-21-15(3,4)7-10/h8-10H,5-7H2,1-4H3,(H,18,20). The molecule has 0 spiro atoms. The van der Waals surface area contributed by atoms with Crippen molar-refractivity contribution in [2.24, 2.45) is 0 Å². The molecule has 1 saturated heterocycles. The van der Waals surface area contributed by atoms with E-state index in [1.54, 1.807) is 0 Å². The van der Waals surface area contributed by atoms with Crippen LogP contribution in [-0.2, 0) is 4.74 Å². The normalized spacial score (nSPS) is 21.3. The molecule has 0 radical (unpaired) electrons. The second-order valence-corrected chi connectivity index (χ2v) is 6.76. The minimum Gasteiger partial charge on any atom is -0.375 e. The number of ether oxygens (including phenoxy) is 1. The van der Waals surface area contributed by atoms with Crippen LogP contribution in [0.25, 0.3) is 0 Å². The highest BCUT2D eigenvalue weighted by Crippen LogP contribution is 2.24. The molecule has 1 aliphatic heterocycles. The summed E-state index contributed by atoms with van der Waals surface area (Å²) < 4.78 is 5.65. The Hall–Kier alpha value is -1.20. The van der Waals surface area contributed by atoms with Crippen LogP contribution in [0.15, 0.2) is 6.20 Å². The van der Waals surface area contributed by atoms with E-state index in [9.17, 15) is 4.79 Å². The quantitative estimate of drug-likeness (QED) is 0.932. The smallest absolute Gasteiger partial charge is 0.271 e. The van der Waals surface area contributed by atoms with Crippen molar-refractivity contribution in [3.05, 3.63) is 22.7 Å². The second-order valence-electron chi connectivity index (χ2n) is 6.35. The number of halogens is 1. The molecule has 0 aliphatic carbocycles. The molecule has 1 N–H and O–H groups in total. The molecule has 1 unspecified atom stereocenters. The zero-order chi connectivity index (χ0) is 15.6. The molecular weight excluding hydrogens is 290 g/mol. The van der Waals surface area contributed by atoms with E-state index in [2.05, 4.69) is 15.3 Å². The van der Waals surface area contributed by atoms with Crippen LogP contribution < -0.4 is 5.32 Å². The van der Waals surface area contributed by atoms with Crippen molar-refractivity contribution < 1.29 is 9.53 Å². The minimum atomic E-state index is -0.244. The Labute approximate surface area is 130 Å². The summed E-state index contributed by atoms with van der Waals surface area (Å²) in [6.07, 6.45) is 3.07. The van der Waals surface area contributed by atoms with Crippen molar-refractivity contribution in [1.82, 2.24) is 15.3 Å². The van der Waals surface area contributed by atoms with E-state index >= 15 is 0 Å². The Morgan fingerprint density at radius 1 is 1.52 bits per heavy atom. The van der Waals surface area contributed by atoms with Crippen molar-refractivity contribution in [1.29, 1.82) is 0 Å². The van der Waals surface area contributed by atoms with Gasteiger partial charge in [-0.2, -0.15) is 0 Å². The summed E-state index contributed by atoms with van der Waals surface area (Å²) in [5, 5.41) is 3.28. The van der Waals surface area contributed by atoms with Crippen LogP contribution in [0.1, 0.15) is 62.8 Å². The van der Waals surface area contributed by atoms with Gasteiger partial charge < -0.3 is 10.1 Å². The maximum atomic E-state index is 12.4. The van der Waals surface area contributed by atoms with Crippen molar-refractivity contribution in [2.75, 3.05) is 6.61 Å². The fourth-order valence-electron chi connectivity index (χ4n) is 2.43. The first-order valence-corrected chi connectivity index (χ1v) is 7.63. The molecule has 6 heteroatoms. The molecule has 0 saturated carbocycles. The maximum Gasteiger partial charge on any atom is 0.271 e. The molecule has 0 bridgehead atoms. The minimum absolute atomic E-state index is 0.0785. The van der Waals surface area contributed by atoms with Crippen LogP contribution in [0.4, 0.5) is 0 Å². The van der Waals surface area contributed by atoms with Crippen LogP contribution in [0.5, 0.6) is 0 Å². The van der Waals surface area contributed by atoms with Gasteiger partial charge in [-0.3, -0.25) is 4.79 Å². The third kappa shape index (κ3) is 4.14. The summed E-state index contributed by atoms with van der Waals surface area (Å²) >= 11 is 6.06. The van der Waals surface area contributed by atoms with Crippen LogP contribution in [-0.4, -0.2) is 34.1 Å². The molecule has 1 aromatic rings. The lowest BCUT2D eigenvalue weighted by atomic mass is 9.94. The largest absolute Gasteiger partial charge is 0.375 e. The maximum absolute atomic E-state index is 12.4. The highest BCUT2D eigenvalue weighted by molar-refractivity contribution is 6.33. The SMILES string of the molecule is CC(C)c1ncc(Cl)c(C(=O)NC2CCOC(C)(C)C2)n1. The number of nitrogens with zero attached hydrogens (tertiary/aromatic N) is 2. The van der Waals surface area contributed by atoms with Gasteiger partial charge in [-0.1, -0.05) is 25.4 Å². The lowest BCUT2D eigenvalue weighted by molar-refractivity contribution is -0.0615. The summed E-state index contributed by atoms with van der Waals surface area (Å²) in [5.74, 6) is 0.527. The first-order valence-electron chi connectivity index (χ1n) is 7.26.